The molecular formula is C18H20N2O2. The van der Waals surface area contributed by atoms with Crippen LogP contribution in [0.3, 0.4) is 0 Å². The molecule has 1 aliphatic rings. The van der Waals surface area contributed by atoms with E-state index in [1.165, 1.54) is 11.1 Å². The van der Waals surface area contributed by atoms with E-state index < -0.39 is 0 Å². The second-order valence-corrected chi connectivity index (χ2v) is 5.47. The van der Waals surface area contributed by atoms with Crippen LogP contribution in [0, 0.1) is 0 Å². The average Bonchev–Trinajstić information content (AvgIpc) is 2.59. The van der Waals surface area contributed by atoms with E-state index in [0.717, 1.165) is 17.5 Å². The summed E-state index contributed by atoms with van der Waals surface area (Å²) in [4.78, 5) is 14.0. The quantitative estimate of drug-likeness (QED) is 0.947. The Bertz CT molecular complexity index is 641. The maximum absolute atomic E-state index is 12.3. The fourth-order valence-electron chi connectivity index (χ4n) is 2.81. The van der Waals surface area contributed by atoms with Crippen LogP contribution in [0.2, 0.25) is 0 Å². The molecule has 0 fully saturated rings. The second kappa shape index (κ2) is 6.62. The smallest absolute Gasteiger partial charge is 0.410 e. The second-order valence-electron chi connectivity index (χ2n) is 5.47. The molecule has 2 aromatic rings. The lowest BCUT2D eigenvalue weighted by Gasteiger charge is -2.29. The van der Waals surface area contributed by atoms with E-state index in [-0.39, 0.29) is 6.09 Å². The Labute approximate surface area is 130 Å². The normalized spacial score (nSPS) is 13.6. The predicted molar refractivity (Wildman–Crippen MR) is 85.1 cm³/mol. The molecule has 0 unspecified atom stereocenters. The number of carbonyl (C=O) groups is 1. The highest BCUT2D eigenvalue weighted by Gasteiger charge is 2.23. The van der Waals surface area contributed by atoms with Crippen LogP contribution in [0.4, 0.5) is 4.79 Å². The first-order valence-electron chi connectivity index (χ1n) is 7.53. The summed E-state index contributed by atoms with van der Waals surface area (Å²) in [5, 5.41) is 0. The van der Waals surface area contributed by atoms with Crippen LogP contribution >= 0.6 is 0 Å². The van der Waals surface area contributed by atoms with Crippen LogP contribution in [0.25, 0.3) is 0 Å². The SMILES string of the molecule is NCc1cccc2c1CN(C(=O)OCc1ccccc1)CC2. The summed E-state index contributed by atoms with van der Waals surface area (Å²) >= 11 is 0. The van der Waals surface area contributed by atoms with Gasteiger partial charge in [-0.3, -0.25) is 0 Å². The fraction of sp³-hybridized carbons (Fsp3) is 0.278. The fourth-order valence-corrected chi connectivity index (χ4v) is 2.81. The van der Waals surface area contributed by atoms with Crippen LogP contribution < -0.4 is 5.73 Å². The van der Waals surface area contributed by atoms with Gasteiger partial charge in [0.1, 0.15) is 6.61 Å². The molecule has 3 rings (SSSR count). The van der Waals surface area contributed by atoms with Gasteiger partial charge < -0.3 is 15.4 Å². The first-order valence-corrected chi connectivity index (χ1v) is 7.53. The van der Waals surface area contributed by atoms with Gasteiger partial charge >= 0.3 is 6.09 Å². The molecule has 4 heteroatoms. The van der Waals surface area contributed by atoms with Crippen molar-refractivity contribution in [2.75, 3.05) is 6.54 Å². The monoisotopic (exact) mass is 296 g/mol. The minimum atomic E-state index is -0.263. The zero-order valence-corrected chi connectivity index (χ0v) is 12.5. The van der Waals surface area contributed by atoms with E-state index in [4.69, 9.17) is 10.5 Å². The Morgan fingerprint density at radius 1 is 1.14 bits per heavy atom. The highest BCUT2D eigenvalue weighted by atomic mass is 16.6. The first kappa shape index (κ1) is 14.6. The van der Waals surface area contributed by atoms with Crippen molar-refractivity contribution >= 4 is 6.09 Å². The molecule has 1 amide bonds. The van der Waals surface area contributed by atoms with Gasteiger partial charge in [0.2, 0.25) is 0 Å². The Hall–Kier alpha value is -2.33. The molecule has 22 heavy (non-hydrogen) atoms. The summed E-state index contributed by atoms with van der Waals surface area (Å²) in [5.41, 5.74) is 10.4. The Kier molecular flexibility index (Phi) is 4.39. The lowest BCUT2D eigenvalue weighted by atomic mass is 9.95. The van der Waals surface area contributed by atoms with E-state index >= 15 is 0 Å². The number of ether oxygens (including phenoxy) is 1. The third-order valence-corrected chi connectivity index (χ3v) is 4.05. The maximum Gasteiger partial charge on any atom is 0.410 e. The molecule has 0 saturated heterocycles. The number of nitrogens with two attached hydrogens (primary N) is 1. The summed E-state index contributed by atoms with van der Waals surface area (Å²) in [6, 6.07) is 15.9. The number of hydrogen-bond acceptors (Lipinski definition) is 3. The zero-order valence-electron chi connectivity index (χ0n) is 12.5. The average molecular weight is 296 g/mol. The standard InChI is InChI=1S/C18H20N2O2/c19-11-16-8-4-7-15-9-10-20(12-17(15)16)18(21)22-13-14-5-2-1-3-6-14/h1-8H,9-13,19H2. The van der Waals surface area contributed by atoms with Crippen molar-refractivity contribution in [1.82, 2.24) is 4.90 Å². The van der Waals surface area contributed by atoms with Crippen molar-refractivity contribution in [2.45, 2.75) is 26.1 Å². The van der Waals surface area contributed by atoms with Gasteiger partial charge in [0.15, 0.2) is 0 Å². The highest BCUT2D eigenvalue weighted by molar-refractivity contribution is 5.68. The molecular weight excluding hydrogens is 276 g/mol. The maximum atomic E-state index is 12.3. The minimum Gasteiger partial charge on any atom is -0.445 e. The van der Waals surface area contributed by atoms with Crippen LogP contribution in [0.1, 0.15) is 22.3 Å². The number of rotatable bonds is 3. The van der Waals surface area contributed by atoms with Gasteiger partial charge in [-0.15, -0.1) is 0 Å². The highest BCUT2D eigenvalue weighted by Crippen LogP contribution is 2.23. The summed E-state index contributed by atoms with van der Waals surface area (Å²) in [6.07, 6.45) is 0.588. The molecule has 0 spiro atoms. The molecule has 1 heterocycles. The largest absolute Gasteiger partial charge is 0.445 e. The van der Waals surface area contributed by atoms with Crippen LogP contribution in [0.15, 0.2) is 48.5 Å². The predicted octanol–water partition coefficient (Wildman–Crippen LogP) is 2.84. The molecule has 2 aromatic carbocycles. The van der Waals surface area contributed by atoms with Crippen molar-refractivity contribution in [2.24, 2.45) is 5.73 Å². The van der Waals surface area contributed by atoms with Gasteiger partial charge in [-0.05, 0) is 28.7 Å². The first-order chi connectivity index (χ1) is 10.8. The molecule has 0 atom stereocenters. The number of amides is 1. The topological polar surface area (TPSA) is 55.6 Å². The molecule has 2 N–H and O–H groups in total. The van der Waals surface area contributed by atoms with Gasteiger partial charge in [0, 0.05) is 19.6 Å². The van der Waals surface area contributed by atoms with Gasteiger partial charge in [-0.25, -0.2) is 4.79 Å². The third-order valence-electron chi connectivity index (χ3n) is 4.05. The number of nitrogens with zero attached hydrogens (tertiary/aromatic N) is 1. The molecule has 1 aliphatic heterocycles. The summed E-state index contributed by atoms with van der Waals surface area (Å²) in [6.45, 7) is 2.07. The van der Waals surface area contributed by atoms with Crippen LogP contribution in [0.5, 0.6) is 0 Å². The number of fused-ring (bicyclic) bond motifs is 1. The molecule has 4 nitrogen and oxygen atoms in total. The Morgan fingerprint density at radius 3 is 2.73 bits per heavy atom. The van der Waals surface area contributed by atoms with E-state index in [9.17, 15) is 4.79 Å². The van der Waals surface area contributed by atoms with Crippen molar-refractivity contribution in [3.05, 3.63) is 70.8 Å². The van der Waals surface area contributed by atoms with Gasteiger partial charge in [0.25, 0.3) is 0 Å². The number of carbonyl (C=O) groups excluding carboxylic acids is 1. The number of benzene rings is 2. The summed E-state index contributed by atoms with van der Waals surface area (Å²) in [5.74, 6) is 0. The minimum absolute atomic E-state index is 0.263. The van der Waals surface area contributed by atoms with Gasteiger partial charge in [-0.2, -0.15) is 0 Å². The third kappa shape index (κ3) is 3.12. The zero-order chi connectivity index (χ0) is 15.4. The van der Waals surface area contributed by atoms with E-state index in [2.05, 4.69) is 6.07 Å². The van der Waals surface area contributed by atoms with Crippen LogP contribution in [-0.4, -0.2) is 17.5 Å². The van der Waals surface area contributed by atoms with E-state index in [1.807, 2.05) is 42.5 Å². The summed E-state index contributed by atoms with van der Waals surface area (Å²) in [7, 11) is 0. The lowest BCUT2D eigenvalue weighted by Crippen LogP contribution is -2.37. The lowest BCUT2D eigenvalue weighted by molar-refractivity contribution is 0.0917. The van der Waals surface area contributed by atoms with Crippen LogP contribution in [-0.2, 0) is 30.9 Å². The molecule has 0 saturated carbocycles. The Morgan fingerprint density at radius 2 is 1.95 bits per heavy atom. The van der Waals surface area contributed by atoms with Crippen molar-refractivity contribution in [3.63, 3.8) is 0 Å². The van der Waals surface area contributed by atoms with Crippen molar-refractivity contribution in [3.8, 4) is 0 Å². The van der Waals surface area contributed by atoms with E-state index in [0.29, 0.717) is 26.2 Å². The Balaban J connectivity index is 1.65. The van der Waals surface area contributed by atoms with Gasteiger partial charge in [-0.1, -0.05) is 48.5 Å². The van der Waals surface area contributed by atoms with Gasteiger partial charge in [0.05, 0.1) is 0 Å². The van der Waals surface area contributed by atoms with Crippen molar-refractivity contribution in [1.29, 1.82) is 0 Å². The molecule has 114 valence electrons. The van der Waals surface area contributed by atoms with E-state index in [1.54, 1.807) is 4.90 Å². The molecule has 0 radical (unpaired) electrons. The van der Waals surface area contributed by atoms with Crippen molar-refractivity contribution < 1.29 is 9.53 Å². The summed E-state index contributed by atoms with van der Waals surface area (Å²) < 4.78 is 5.41. The molecule has 0 aliphatic carbocycles. The molecule has 0 bridgehead atoms. The molecule has 0 aromatic heterocycles. The number of hydrogen-bond donors (Lipinski definition) is 1.